The van der Waals surface area contributed by atoms with Crippen LogP contribution in [0.1, 0.15) is 17.3 Å². The van der Waals surface area contributed by atoms with Gasteiger partial charge in [-0.1, -0.05) is 0 Å². The van der Waals surface area contributed by atoms with Gasteiger partial charge in [-0.25, -0.2) is 5.43 Å². The summed E-state index contributed by atoms with van der Waals surface area (Å²) in [6.45, 7) is 2.35. The Morgan fingerprint density at radius 3 is 3.00 bits per heavy atom. The fraction of sp³-hybridized carbons (Fsp3) is 0.222. The van der Waals surface area contributed by atoms with Gasteiger partial charge in [-0.15, -0.1) is 5.10 Å². The Labute approximate surface area is 81.8 Å². The van der Waals surface area contributed by atoms with E-state index in [4.69, 9.17) is 4.74 Å². The molecule has 5 nitrogen and oxygen atoms in total. The number of hydrazone groups is 1. The minimum atomic E-state index is -0.289. The lowest BCUT2D eigenvalue weighted by molar-refractivity contribution is 0.0953. The van der Waals surface area contributed by atoms with E-state index in [1.807, 2.05) is 6.92 Å². The summed E-state index contributed by atoms with van der Waals surface area (Å²) in [5, 5.41) is 3.57. The number of hydrogen-bond donors (Lipinski definition) is 1. The average Bonchev–Trinajstić information content (AvgIpc) is 2.25. The van der Waals surface area contributed by atoms with E-state index in [1.165, 1.54) is 6.40 Å². The molecule has 14 heavy (non-hydrogen) atoms. The highest BCUT2D eigenvalue weighted by molar-refractivity contribution is 5.93. The van der Waals surface area contributed by atoms with Crippen molar-refractivity contribution in [2.45, 2.75) is 6.92 Å². The van der Waals surface area contributed by atoms with Crippen LogP contribution in [0.5, 0.6) is 0 Å². The lowest BCUT2D eigenvalue weighted by Crippen LogP contribution is -2.17. The number of amides is 1. The summed E-state index contributed by atoms with van der Waals surface area (Å²) >= 11 is 0. The molecule has 1 aromatic rings. The highest BCUT2D eigenvalue weighted by Gasteiger charge is 2.01. The third kappa shape index (κ3) is 3.22. The first-order chi connectivity index (χ1) is 6.84. The van der Waals surface area contributed by atoms with Crippen LogP contribution in [0.2, 0.25) is 0 Å². The molecule has 0 spiro atoms. The van der Waals surface area contributed by atoms with Crippen molar-refractivity contribution in [3.05, 3.63) is 30.1 Å². The Morgan fingerprint density at radius 2 is 2.36 bits per heavy atom. The van der Waals surface area contributed by atoms with Gasteiger partial charge in [0.1, 0.15) is 0 Å². The molecule has 0 aliphatic carbocycles. The highest BCUT2D eigenvalue weighted by Crippen LogP contribution is 1.94. The first kappa shape index (κ1) is 10.2. The Morgan fingerprint density at radius 1 is 1.64 bits per heavy atom. The number of pyridine rings is 1. The van der Waals surface area contributed by atoms with E-state index in [9.17, 15) is 4.79 Å². The second kappa shape index (κ2) is 5.69. The van der Waals surface area contributed by atoms with Crippen molar-refractivity contribution in [3.63, 3.8) is 0 Å². The van der Waals surface area contributed by atoms with Gasteiger partial charge in [-0.3, -0.25) is 9.78 Å². The topological polar surface area (TPSA) is 63.6 Å². The number of carbonyl (C=O) groups is 1. The molecule has 0 aliphatic rings. The summed E-state index contributed by atoms with van der Waals surface area (Å²) in [6, 6.07) is 3.21. The number of nitrogens with one attached hydrogen (secondary N) is 1. The van der Waals surface area contributed by atoms with Crippen LogP contribution >= 0.6 is 0 Å². The van der Waals surface area contributed by atoms with E-state index >= 15 is 0 Å². The third-order valence-corrected chi connectivity index (χ3v) is 1.40. The van der Waals surface area contributed by atoms with Gasteiger partial charge in [0.05, 0.1) is 6.61 Å². The zero-order valence-electron chi connectivity index (χ0n) is 7.80. The average molecular weight is 193 g/mol. The van der Waals surface area contributed by atoms with Crippen molar-refractivity contribution in [2.75, 3.05) is 6.61 Å². The molecule has 1 rings (SSSR count). The second-order valence-corrected chi connectivity index (χ2v) is 2.37. The second-order valence-electron chi connectivity index (χ2n) is 2.37. The molecule has 0 aliphatic heterocycles. The first-order valence-corrected chi connectivity index (χ1v) is 4.18. The summed E-state index contributed by atoms with van der Waals surface area (Å²) in [6.07, 6.45) is 4.28. The minimum Gasteiger partial charge on any atom is -0.482 e. The maximum Gasteiger partial charge on any atom is 0.271 e. The van der Waals surface area contributed by atoms with Gasteiger partial charge in [-0.05, 0) is 19.1 Å². The number of ether oxygens (including phenoxy) is 1. The van der Waals surface area contributed by atoms with E-state index in [0.717, 1.165) is 0 Å². The molecule has 1 amide bonds. The van der Waals surface area contributed by atoms with Crippen LogP contribution in [0.4, 0.5) is 0 Å². The van der Waals surface area contributed by atoms with Crippen molar-refractivity contribution in [2.24, 2.45) is 5.10 Å². The monoisotopic (exact) mass is 193 g/mol. The zero-order chi connectivity index (χ0) is 10.2. The fourth-order valence-electron chi connectivity index (χ4n) is 0.765. The van der Waals surface area contributed by atoms with Gasteiger partial charge in [0.2, 0.25) is 0 Å². The van der Waals surface area contributed by atoms with E-state index in [-0.39, 0.29) is 5.91 Å². The maximum atomic E-state index is 11.3. The lowest BCUT2D eigenvalue weighted by atomic mass is 10.3. The molecule has 5 heteroatoms. The minimum absolute atomic E-state index is 0.289. The van der Waals surface area contributed by atoms with Crippen LogP contribution in [0.15, 0.2) is 29.6 Å². The fourth-order valence-corrected chi connectivity index (χ4v) is 0.765. The maximum absolute atomic E-state index is 11.3. The van der Waals surface area contributed by atoms with E-state index in [1.54, 1.807) is 24.5 Å². The molecule has 0 atom stereocenters. The van der Waals surface area contributed by atoms with Crippen LogP contribution in [-0.2, 0) is 4.74 Å². The number of hydrogen-bond acceptors (Lipinski definition) is 4. The number of rotatable bonds is 4. The lowest BCUT2D eigenvalue weighted by Gasteiger charge is -1.97. The quantitative estimate of drug-likeness (QED) is 0.437. The van der Waals surface area contributed by atoms with Gasteiger partial charge >= 0.3 is 0 Å². The van der Waals surface area contributed by atoms with Gasteiger partial charge < -0.3 is 4.74 Å². The number of carbonyl (C=O) groups excluding carboxylic acids is 1. The smallest absolute Gasteiger partial charge is 0.271 e. The molecule has 0 fully saturated rings. The van der Waals surface area contributed by atoms with Crippen LogP contribution in [0, 0.1) is 0 Å². The standard InChI is InChI=1S/C9H11N3O2/c1-2-14-7-11-12-9(13)8-3-5-10-6-4-8/h3-7H,2H2,1H3,(H,12,13)/b11-7+. The molecule has 1 heterocycles. The molecule has 0 unspecified atom stereocenters. The first-order valence-electron chi connectivity index (χ1n) is 4.18. The number of nitrogens with zero attached hydrogens (tertiary/aromatic N) is 2. The molecule has 0 bridgehead atoms. The van der Waals surface area contributed by atoms with Crippen LogP contribution in [-0.4, -0.2) is 23.9 Å². The highest BCUT2D eigenvalue weighted by atomic mass is 16.5. The molecule has 0 aromatic carbocycles. The third-order valence-electron chi connectivity index (χ3n) is 1.40. The van der Waals surface area contributed by atoms with Gasteiger partial charge in [0, 0.05) is 18.0 Å². The molecule has 1 aromatic heterocycles. The molecule has 0 saturated heterocycles. The van der Waals surface area contributed by atoms with Crippen molar-refractivity contribution >= 4 is 12.3 Å². The summed E-state index contributed by atoms with van der Waals surface area (Å²) in [4.78, 5) is 15.1. The molecule has 0 radical (unpaired) electrons. The van der Waals surface area contributed by atoms with Crippen LogP contribution in [0.25, 0.3) is 0 Å². The van der Waals surface area contributed by atoms with E-state index in [0.29, 0.717) is 12.2 Å². The molecular weight excluding hydrogens is 182 g/mol. The SMILES string of the molecule is CCO/C=N/NC(=O)c1ccncc1. The Hall–Kier alpha value is -1.91. The van der Waals surface area contributed by atoms with Crippen molar-refractivity contribution in [1.29, 1.82) is 0 Å². The predicted octanol–water partition coefficient (Wildman–Crippen LogP) is 0.791. The Kier molecular flexibility index (Phi) is 4.13. The van der Waals surface area contributed by atoms with Gasteiger partial charge in [0.15, 0.2) is 6.40 Å². The van der Waals surface area contributed by atoms with E-state index < -0.39 is 0 Å². The molecular formula is C9H11N3O2. The van der Waals surface area contributed by atoms with Crippen molar-refractivity contribution < 1.29 is 9.53 Å². The normalized spacial score (nSPS) is 10.1. The van der Waals surface area contributed by atoms with Crippen molar-refractivity contribution in [1.82, 2.24) is 10.4 Å². The Balaban J connectivity index is 2.44. The molecule has 1 N–H and O–H groups in total. The zero-order valence-corrected chi connectivity index (χ0v) is 7.80. The largest absolute Gasteiger partial charge is 0.482 e. The summed E-state index contributed by atoms with van der Waals surface area (Å²) in [7, 11) is 0. The van der Waals surface area contributed by atoms with Crippen LogP contribution < -0.4 is 5.43 Å². The van der Waals surface area contributed by atoms with Gasteiger partial charge in [0.25, 0.3) is 5.91 Å². The molecule has 74 valence electrons. The summed E-state index contributed by atoms with van der Waals surface area (Å²) < 4.78 is 4.80. The van der Waals surface area contributed by atoms with Crippen molar-refractivity contribution in [3.8, 4) is 0 Å². The summed E-state index contributed by atoms with van der Waals surface area (Å²) in [5.74, 6) is -0.289. The molecule has 0 saturated carbocycles. The predicted molar refractivity (Wildman–Crippen MR) is 51.8 cm³/mol. The van der Waals surface area contributed by atoms with Gasteiger partial charge in [-0.2, -0.15) is 0 Å². The van der Waals surface area contributed by atoms with E-state index in [2.05, 4.69) is 15.5 Å². The Bertz CT molecular complexity index is 311. The number of aromatic nitrogens is 1. The van der Waals surface area contributed by atoms with Crippen LogP contribution in [0.3, 0.4) is 0 Å². The summed E-state index contributed by atoms with van der Waals surface area (Å²) in [5.41, 5.74) is 2.82.